The minimum atomic E-state index is -0.383. The first kappa shape index (κ1) is 9.64. The zero-order chi connectivity index (χ0) is 9.97. The fraction of sp³-hybridized carbons (Fsp3) is 0.667. The highest BCUT2D eigenvalue weighted by molar-refractivity contribution is 5.03. The summed E-state index contributed by atoms with van der Waals surface area (Å²) in [5.41, 5.74) is 1.12. The fourth-order valence-electron chi connectivity index (χ4n) is 1.55. The lowest BCUT2D eigenvalue weighted by molar-refractivity contribution is 0.122. The van der Waals surface area contributed by atoms with Gasteiger partial charge in [0.1, 0.15) is 0 Å². The number of ether oxygens (including phenoxy) is 1. The molecule has 1 aromatic heterocycles. The maximum absolute atomic E-state index is 9.46. The number of aromatic nitrogens is 2. The first-order valence-corrected chi connectivity index (χ1v) is 4.72. The van der Waals surface area contributed by atoms with Crippen molar-refractivity contribution >= 4 is 0 Å². The Morgan fingerprint density at radius 1 is 1.71 bits per heavy atom. The van der Waals surface area contributed by atoms with Crippen LogP contribution in [0.25, 0.3) is 0 Å². The van der Waals surface area contributed by atoms with Crippen molar-refractivity contribution in [3.63, 3.8) is 0 Å². The first-order valence-electron chi connectivity index (χ1n) is 4.72. The van der Waals surface area contributed by atoms with Gasteiger partial charge in [-0.25, -0.2) is 0 Å². The van der Waals surface area contributed by atoms with E-state index in [-0.39, 0.29) is 12.1 Å². The minimum Gasteiger partial charge on any atom is -0.389 e. The van der Waals surface area contributed by atoms with Crippen LogP contribution in [0.15, 0.2) is 12.4 Å². The van der Waals surface area contributed by atoms with Crippen LogP contribution in [0.5, 0.6) is 0 Å². The van der Waals surface area contributed by atoms with Gasteiger partial charge in [-0.3, -0.25) is 4.68 Å². The van der Waals surface area contributed by atoms with E-state index in [4.69, 9.17) is 4.74 Å². The molecule has 1 saturated heterocycles. The van der Waals surface area contributed by atoms with Gasteiger partial charge in [0.2, 0.25) is 0 Å². The molecule has 14 heavy (non-hydrogen) atoms. The molecule has 2 atom stereocenters. The molecule has 0 unspecified atom stereocenters. The second-order valence-electron chi connectivity index (χ2n) is 3.61. The smallest absolute Gasteiger partial charge is 0.0948 e. The van der Waals surface area contributed by atoms with E-state index in [1.807, 2.05) is 19.4 Å². The van der Waals surface area contributed by atoms with Gasteiger partial charge in [0.15, 0.2) is 0 Å². The van der Waals surface area contributed by atoms with E-state index in [9.17, 15) is 5.11 Å². The molecule has 0 aromatic carbocycles. The van der Waals surface area contributed by atoms with Crippen LogP contribution in [-0.2, 0) is 18.3 Å². The number of rotatable bonds is 3. The molecule has 0 bridgehead atoms. The summed E-state index contributed by atoms with van der Waals surface area (Å²) in [7, 11) is 1.89. The van der Waals surface area contributed by atoms with E-state index in [2.05, 4.69) is 10.4 Å². The van der Waals surface area contributed by atoms with Gasteiger partial charge in [-0.05, 0) is 0 Å². The summed E-state index contributed by atoms with van der Waals surface area (Å²) >= 11 is 0. The average molecular weight is 197 g/mol. The summed E-state index contributed by atoms with van der Waals surface area (Å²) in [4.78, 5) is 0. The summed E-state index contributed by atoms with van der Waals surface area (Å²) < 4.78 is 6.89. The Balaban J connectivity index is 1.82. The van der Waals surface area contributed by atoms with Crippen molar-refractivity contribution in [2.75, 3.05) is 13.2 Å². The molecular weight excluding hydrogens is 182 g/mol. The van der Waals surface area contributed by atoms with Gasteiger partial charge >= 0.3 is 0 Å². The summed E-state index contributed by atoms with van der Waals surface area (Å²) in [5.74, 6) is 0. The molecule has 5 nitrogen and oxygen atoms in total. The van der Waals surface area contributed by atoms with Crippen molar-refractivity contribution in [1.29, 1.82) is 0 Å². The van der Waals surface area contributed by atoms with Gasteiger partial charge in [0.25, 0.3) is 0 Å². The normalized spacial score (nSPS) is 27.0. The van der Waals surface area contributed by atoms with Crippen LogP contribution in [0.2, 0.25) is 0 Å². The highest BCUT2D eigenvalue weighted by Crippen LogP contribution is 2.06. The SMILES string of the molecule is Cn1cc(CN[C@@H]2COC[C@H]2O)cn1. The third-order valence-corrected chi connectivity index (χ3v) is 2.38. The molecule has 0 aliphatic carbocycles. The molecule has 0 amide bonds. The third kappa shape index (κ3) is 2.12. The van der Waals surface area contributed by atoms with E-state index < -0.39 is 0 Å². The lowest BCUT2D eigenvalue weighted by Crippen LogP contribution is -2.38. The van der Waals surface area contributed by atoms with Crippen molar-refractivity contribution in [1.82, 2.24) is 15.1 Å². The van der Waals surface area contributed by atoms with Gasteiger partial charge in [0.05, 0.1) is 31.6 Å². The second kappa shape index (κ2) is 4.08. The Kier molecular flexibility index (Phi) is 2.81. The highest BCUT2D eigenvalue weighted by Gasteiger charge is 2.25. The molecule has 2 N–H and O–H groups in total. The van der Waals surface area contributed by atoms with E-state index in [0.717, 1.165) is 12.1 Å². The van der Waals surface area contributed by atoms with Crippen LogP contribution in [0.1, 0.15) is 5.56 Å². The molecule has 1 aliphatic heterocycles. The molecule has 0 saturated carbocycles. The largest absolute Gasteiger partial charge is 0.389 e. The van der Waals surface area contributed by atoms with Crippen LogP contribution in [-0.4, -0.2) is 40.2 Å². The van der Waals surface area contributed by atoms with Crippen LogP contribution in [0.4, 0.5) is 0 Å². The highest BCUT2D eigenvalue weighted by atomic mass is 16.5. The number of aliphatic hydroxyl groups excluding tert-OH is 1. The third-order valence-electron chi connectivity index (χ3n) is 2.38. The Morgan fingerprint density at radius 2 is 2.57 bits per heavy atom. The standard InChI is InChI=1S/C9H15N3O2/c1-12-4-7(3-11-12)2-10-8-5-14-6-9(8)13/h3-4,8-10,13H,2,5-6H2,1H3/t8-,9-/m1/s1. The van der Waals surface area contributed by atoms with E-state index in [1.54, 1.807) is 4.68 Å². The number of aliphatic hydroxyl groups is 1. The van der Waals surface area contributed by atoms with E-state index in [1.165, 1.54) is 0 Å². The molecule has 5 heteroatoms. The Hall–Kier alpha value is -0.910. The summed E-state index contributed by atoms with van der Waals surface area (Å²) in [6.07, 6.45) is 3.39. The zero-order valence-electron chi connectivity index (χ0n) is 8.18. The molecule has 1 aromatic rings. The topological polar surface area (TPSA) is 59.3 Å². The monoisotopic (exact) mass is 197 g/mol. The van der Waals surface area contributed by atoms with Crippen molar-refractivity contribution < 1.29 is 9.84 Å². The molecule has 78 valence electrons. The first-order chi connectivity index (χ1) is 6.75. The number of hydrogen-bond acceptors (Lipinski definition) is 4. The fourth-order valence-corrected chi connectivity index (χ4v) is 1.55. The second-order valence-corrected chi connectivity index (χ2v) is 3.61. The van der Waals surface area contributed by atoms with Crippen LogP contribution < -0.4 is 5.32 Å². The molecule has 2 heterocycles. The van der Waals surface area contributed by atoms with Crippen LogP contribution in [0.3, 0.4) is 0 Å². The van der Waals surface area contributed by atoms with Crippen LogP contribution in [0, 0.1) is 0 Å². The Labute approximate surface area is 82.7 Å². The molecule has 0 spiro atoms. The predicted molar refractivity (Wildman–Crippen MR) is 50.7 cm³/mol. The van der Waals surface area contributed by atoms with Crippen molar-refractivity contribution in [3.8, 4) is 0 Å². The van der Waals surface area contributed by atoms with E-state index >= 15 is 0 Å². The molecular formula is C9H15N3O2. The number of hydrogen-bond donors (Lipinski definition) is 2. The zero-order valence-corrected chi connectivity index (χ0v) is 8.18. The predicted octanol–water partition coefficient (Wildman–Crippen LogP) is -0.731. The lowest BCUT2D eigenvalue weighted by Gasteiger charge is -2.13. The lowest BCUT2D eigenvalue weighted by atomic mass is 10.2. The number of nitrogens with one attached hydrogen (secondary N) is 1. The number of nitrogens with zero attached hydrogens (tertiary/aromatic N) is 2. The summed E-state index contributed by atoms with van der Waals surface area (Å²) in [5, 5.41) is 16.8. The van der Waals surface area contributed by atoms with Crippen molar-refractivity contribution in [2.24, 2.45) is 7.05 Å². The molecule has 1 aliphatic rings. The maximum Gasteiger partial charge on any atom is 0.0948 e. The Bertz CT molecular complexity index is 300. The van der Waals surface area contributed by atoms with Crippen molar-refractivity contribution in [2.45, 2.75) is 18.7 Å². The van der Waals surface area contributed by atoms with E-state index in [0.29, 0.717) is 13.2 Å². The van der Waals surface area contributed by atoms with Gasteiger partial charge < -0.3 is 15.2 Å². The maximum atomic E-state index is 9.46. The molecule has 1 fully saturated rings. The quantitative estimate of drug-likeness (QED) is 0.670. The molecule has 0 radical (unpaired) electrons. The van der Waals surface area contributed by atoms with Gasteiger partial charge in [-0.1, -0.05) is 0 Å². The van der Waals surface area contributed by atoms with Crippen molar-refractivity contribution in [3.05, 3.63) is 18.0 Å². The average Bonchev–Trinajstić information content (AvgIpc) is 2.72. The van der Waals surface area contributed by atoms with Crippen LogP contribution >= 0.6 is 0 Å². The minimum absolute atomic E-state index is 0.0511. The summed E-state index contributed by atoms with van der Waals surface area (Å²) in [6.45, 7) is 1.74. The molecule has 2 rings (SSSR count). The summed E-state index contributed by atoms with van der Waals surface area (Å²) in [6, 6.07) is 0.0511. The van der Waals surface area contributed by atoms with Gasteiger partial charge in [-0.2, -0.15) is 5.10 Å². The Morgan fingerprint density at radius 3 is 3.14 bits per heavy atom. The number of aryl methyl sites for hydroxylation is 1. The van der Waals surface area contributed by atoms with Gasteiger partial charge in [-0.15, -0.1) is 0 Å². The van der Waals surface area contributed by atoms with Gasteiger partial charge in [0, 0.05) is 25.4 Å².